The number of carbonyl (C=O) groups is 3. The number of hydrogen-bond donors (Lipinski definition) is 4. The van der Waals surface area contributed by atoms with Gasteiger partial charge in [-0.05, 0) is 49.2 Å². The lowest BCUT2D eigenvalue weighted by molar-refractivity contribution is -0.126. The summed E-state index contributed by atoms with van der Waals surface area (Å²) in [6.45, 7) is 5.00. The van der Waals surface area contributed by atoms with E-state index in [1.165, 1.54) is 0 Å². The number of piperidine rings is 1. The molecular formula is C23H27N5O3. The van der Waals surface area contributed by atoms with Crippen LogP contribution in [0.15, 0.2) is 67.3 Å². The number of amides is 5. The SMILES string of the molecule is C=CCNC(=O)C1CCCN(C(=O)Nc2ccc(NC(=O)Nc3ccccc3)cc2)C1. The molecule has 0 bridgehead atoms. The molecule has 1 saturated heterocycles. The second-order valence-corrected chi connectivity index (χ2v) is 7.27. The molecule has 0 saturated carbocycles. The molecule has 3 rings (SSSR count). The molecule has 1 fully saturated rings. The van der Waals surface area contributed by atoms with Gasteiger partial charge in [-0.25, -0.2) is 9.59 Å². The van der Waals surface area contributed by atoms with Crippen molar-refractivity contribution in [2.75, 3.05) is 35.6 Å². The molecule has 0 spiro atoms. The van der Waals surface area contributed by atoms with Gasteiger partial charge >= 0.3 is 12.1 Å². The van der Waals surface area contributed by atoms with Crippen LogP contribution in [-0.4, -0.2) is 42.5 Å². The third-order valence-electron chi connectivity index (χ3n) is 4.93. The average Bonchev–Trinajstić information content (AvgIpc) is 2.79. The zero-order valence-corrected chi connectivity index (χ0v) is 17.3. The Labute approximate surface area is 181 Å². The number of benzene rings is 2. The van der Waals surface area contributed by atoms with E-state index >= 15 is 0 Å². The van der Waals surface area contributed by atoms with E-state index in [-0.39, 0.29) is 23.9 Å². The Balaban J connectivity index is 1.49. The quantitative estimate of drug-likeness (QED) is 0.532. The van der Waals surface area contributed by atoms with Crippen LogP contribution in [0.1, 0.15) is 12.8 Å². The van der Waals surface area contributed by atoms with E-state index in [1.54, 1.807) is 47.4 Å². The highest BCUT2D eigenvalue weighted by molar-refractivity contribution is 6.00. The monoisotopic (exact) mass is 421 g/mol. The Morgan fingerprint density at radius 1 is 0.935 bits per heavy atom. The van der Waals surface area contributed by atoms with Crippen molar-refractivity contribution in [3.63, 3.8) is 0 Å². The molecule has 5 amide bonds. The number of rotatable bonds is 6. The Morgan fingerprint density at radius 2 is 1.55 bits per heavy atom. The summed E-state index contributed by atoms with van der Waals surface area (Å²) in [6.07, 6.45) is 3.17. The van der Waals surface area contributed by atoms with Gasteiger partial charge in [0.15, 0.2) is 0 Å². The Kier molecular flexibility index (Phi) is 7.64. The summed E-state index contributed by atoms with van der Waals surface area (Å²) in [5.74, 6) is -0.268. The maximum Gasteiger partial charge on any atom is 0.323 e. The molecule has 1 aliphatic rings. The number of nitrogens with one attached hydrogen (secondary N) is 4. The fraction of sp³-hybridized carbons (Fsp3) is 0.261. The van der Waals surface area contributed by atoms with Crippen LogP contribution in [0.25, 0.3) is 0 Å². The molecule has 8 heteroatoms. The van der Waals surface area contributed by atoms with E-state index in [9.17, 15) is 14.4 Å². The van der Waals surface area contributed by atoms with E-state index < -0.39 is 0 Å². The van der Waals surface area contributed by atoms with Crippen LogP contribution in [-0.2, 0) is 4.79 Å². The molecule has 162 valence electrons. The van der Waals surface area contributed by atoms with Crippen molar-refractivity contribution in [2.24, 2.45) is 5.92 Å². The maximum atomic E-state index is 12.6. The number of carbonyl (C=O) groups excluding carboxylic acids is 3. The van der Waals surface area contributed by atoms with E-state index in [0.717, 1.165) is 12.8 Å². The minimum atomic E-state index is -0.350. The largest absolute Gasteiger partial charge is 0.352 e. The van der Waals surface area contributed by atoms with Gasteiger partial charge in [-0.2, -0.15) is 0 Å². The van der Waals surface area contributed by atoms with E-state index in [1.807, 2.05) is 18.2 Å². The second kappa shape index (κ2) is 10.8. The molecule has 0 aliphatic carbocycles. The van der Waals surface area contributed by atoms with Crippen molar-refractivity contribution in [1.82, 2.24) is 10.2 Å². The summed E-state index contributed by atoms with van der Waals surface area (Å²) in [5.41, 5.74) is 1.91. The minimum Gasteiger partial charge on any atom is -0.352 e. The van der Waals surface area contributed by atoms with Crippen LogP contribution in [0.2, 0.25) is 0 Å². The molecule has 0 aromatic heterocycles. The van der Waals surface area contributed by atoms with Gasteiger partial charge in [-0.15, -0.1) is 6.58 Å². The Bertz CT molecular complexity index is 915. The third kappa shape index (κ3) is 6.60. The van der Waals surface area contributed by atoms with Crippen LogP contribution in [0.5, 0.6) is 0 Å². The van der Waals surface area contributed by atoms with Gasteiger partial charge in [0, 0.05) is 36.7 Å². The van der Waals surface area contributed by atoms with Crippen LogP contribution in [0.4, 0.5) is 26.7 Å². The predicted octanol–water partition coefficient (Wildman–Crippen LogP) is 3.88. The molecule has 31 heavy (non-hydrogen) atoms. The summed E-state index contributed by atoms with van der Waals surface area (Å²) in [7, 11) is 0. The lowest BCUT2D eigenvalue weighted by atomic mass is 9.97. The first kappa shape index (κ1) is 21.9. The zero-order chi connectivity index (χ0) is 22.1. The van der Waals surface area contributed by atoms with Crippen LogP contribution in [0.3, 0.4) is 0 Å². The summed E-state index contributed by atoms with van der Waals surface area (Å²) in [4.78, 5) is 38.5. The van der Waals surface area contributed by atoms with Crippen LogP contribution >= 0.6 is 0 Å². The first-order chi connectivity index (χ1) is 15.0. The standard InChI is InChI=1S/C23H27N5O3/c1-2-14-24-21(29)17-7-6-15-28(16-17)23(31)27-20-12-10-19(11-13-20)26-22(30)25-18-8-4-3-5-9-18/h2-5,8-13,17H,1,6-7,14-16H2,(H,24,29)(H,27,31)(H2,25,26,30). The first-order valence-corrected chi connectivity index (χ1v) is 10.2. The van der Waals surface area contributed by atoms with Gasteiger partial charge < -0.3 is 26.2 Å². The van der Waals surface area contributed by atoms with Gasteiger partial charge in [-0.3, -0.25) is 4.79 Å². The zero-order valence-electron chi connectivity index (χ0n) is 17.3. The molecule has 8 nitrogen and oxygen atoms in total. The topological polar surface area (TPSA) is 103 Å². The van der Waals surface area contributed by atoms with Crippen molar-refractivity contribution in [3.05, 3.63) is 67.3 Å². The Hall–Kier alpha value is -3.81. The van der Waals surface area contributed by atoms with Gasteiger partial charge in [0.25, 0.3) is 0 Å². The number of urea groups is 2. The minimum absolute atomic E-state index is 0.0541. The van der Waals surface area contributed by atoms with Gasteiger partial charge in [-0.1, -0.05) is 24.3 Å². The molecule has 1 heterocycles. The number of para-hydroxylation sites is 1. The molecule has 1 unspecified atom stereocenters. The van der Waals surface area contributed by atoms with Crippen LogP contribution in [0, 0.1) is 5.92 Å². The molecule has 2 aromatic carbocycles. The fourth-order valence-electron chi connectivity index (χ4n) is 3.35. The van der Waals surface area contributed by atoms with Crippen molar-refractivity contribution < 1.29 is 14.4 Å². The van der Waals surface area contributed by atoms with E-state index in [0.29, 0.717) is 36.7 Å². The Morgan fingerprint density at radius 3 is 2.19 bits per heavy atom. The average molecular weight is 422 g/mol. The fourth-order valence-corrected chi connectivity index (χ4v) is 3.35. The molecular weight excluding hydrogens is 394 g/mol. The maximum absolute atomic E-state index is 12.6. The summed E-state index contributed by atoms with van der Waals surface area (Å²) < 4.78 is 0. The normalized spacial score (nSPS) is 15.5. The van der Waals surface area contributed by atoms with Gasteiger partial charge in [0.05, 0.1) is 5.92 Å². The summed E-state index contributed by atoms with van der Waals surface area (Å²) in [5, 5.41) is 11.1. The number of likely N-dealkylation sites (tertiary alicyclic amines) is 1. The highest BCUT2D eigenvalue weighted by atomic mass is 16.2. The summed E-state index contributed by atoms with van der Waals surface area (Å²) >= 11 is 0. The highest BCUT2D eigenvalue weighted by Gasteiger charge is 2.28. The summed E-state index contributed by atoms with van der Waals surface area (Å²) in [6, 6.07) is 15.4. The number of anilines is 3. The lowest BCUT2D eigenvalue weighted by Crippen LogP contribution is -2.46. The van der Waals surface area contributed by atoms with Crippen molar-refractivity contribution in [2.45, 2.75) is 12.8 Å². The van der Waals surface area contributed by atoms with Crippen molar-refractivity contribution >= 4 is 35.0 Å². The lowest BCUT2D eigenvalue weighted by Gasteiger charge is -2.32. The van der Waals surface area contributed by atoms with Gasteiger partial charge in [0.2, 0.25) is 5.91 Å². The highest BCUT2D eigenvalue weighted by Crippen LogP contribution is 2.19. The molecule has 4 N–H and O–H groups in total. The third-order valence-corrected chi connectivity index (χ3v) is 4.93. The number of hydrogen-bond acceptors (Lipinski definition) is 3. The molecule has 1 aliphatic heterocycles. The molecule has 1 atom stereocenters. The van der Waals surface area contributed by atoms with E-state index in [2.05, 4.69) is 27.8 Å². The molecule has 0 radical (unpaired) electrons. The first-order valence-electron chi connectivity index (χ1n) is 10.2. The van der Waals surface area contributed by atoms with Crippen LogP contribution < -0.4 is 21.3 Å². The van der Waals surface area contributed by atoms with Gasteiger partial charge in [0.1, 0.15) is 0 Å². The van der Waals surface area contributed by atoms with Crippen molar-refractivity contribution in [3.8, 4) is 0 Å². The predicted molar refractivity (Wildman–Crippen MR) is 122 cm³/mol. The van der Waals surface area contributed by atoms with Crippen molar-refractivity contribution in [1.29, 1.82) is 0 Å². The van der Waals surface area contributed by atoms with E-state index in [4.69, 9.17) is 0 Å². The number of nitrogens with zero attached hydrogens (tertiary/aromatic N) is 1. The molecule has 2 aromatic rings. The second-order valence-electron chi connectivity index (χ2n) is 7.27. The smallest absolute Gasteiger partial charge is 0.323 e.